The normalized spacial score (nSPS) is 15.0. The summed E-state index contributed by atoms with van der Waals surface area (Å²) < 4.78 is 0. The average Bonchev–Trinajstić information content (AvgIpc) is 3.26. The fraction of sp³-hybridized carbons (Fsp3) is 1.00. The Bertz CT molecular complexity index is 741. The highest BCUT2D eigenvalue weighted by Crippen LogP contribution is 2.54. The zero-order valence-corrected chi connectivity index (χ0v) is 42.1. The lowest BCUT2D eigenvalue weighted by Crippen LogP contribution is -2.35. The van der Waals surface area contributed by atoms with Gasteiger partial charge in [0.25, 0.3) is 0 Å². The Labute approximate surface area is 380 Å². The van der Waals surface area contributed by atoms with Gasteiger partial charge in [-0.1, -0.05) is 284 Å². The first-order valence-electron chi connectivity index (χ1n) is 28.9. The van der Waals surface area contributed by atoms with Crippen molar-refractivity contribution in [1.82, 2.24) is 0 Å². The molecule has 1 saturated carbocycles. The minimum atomic E-state index is 0.365. The molecule has 2 N–H and O–H groups in total. The molecule has 0 bridgehead atoms. The van der Waals surface area contributed by atoms with Gasteiger partial charge in [-0.05, 0) is 75.0 Å². The molecule has 1 aliphatic rings. The van der Waals surface area contributed by atoms with E-state index in [0.29, 0.717) is 24.0 Å². The summed E-state index contributed by atoms with van der Waals surface area (Å²) in [7, 11) is 0. The van der Waals surface area contributed by atoms with E-state index in [1.807, 2.05) is 0 Å². The molecule has 1 rings (SSSR count). The molecule has 0 spiro atoms. The topological polar surface area (TPSA) is 40.5 Å². The molecule has 0 aromatic rings. The highest BCUT2D eigenvalue weighted by Gasteiger charge is 2.41. The summed E-state index contributed by atoms with van der Waals surface area (Å²) in [6, 6.07) is 0. The summed E-state index contributed by atoms with van der Waals surface area (Å²) in [5, 5.41) is 18.4. The second-order valence-corrected chi connectivity index (χ2v) is 21.3. The molecule has 0 radical (unpaired) electrons. The first-order chi connectivity index (χ1) is 29.7. The van der Waals surface area contributed by atoms with Crippen LogP contribution in [-0.4, -0.2) is 23.4 Å². The number of aliphatic hydroxyl groups excluding tert-OH is 2. The lowest BCUT2D eigenvalue weighted by molar-refractivity contribution is 0.0416. The van der Waals surface area contributed by atoms with Crippen molar-refractivity contribution in [2.45, 2.75) is 348 Å². The zero-order valence-electron chi connectivity index (χ0n) is 42.1. The second kappa shape index (κ2) is 45.5. The van der Waals surface area contributed by atoms with Gasteiger partial charge in [0.15, 0.2) is 0 Å². The van der Waals surface area contributed by atoms with E-state index in [4.69, 9.17) is 0 Å². The molecule has 0 unspecified atom stereocenters. The fourth-order valence-corrected chi connectivity index (χ4v) is 11.3. The molecule has 0 heterocycles. The third-order valence-electron chi connectivity index (χ3n) is 15.7. The van der Waals surface area contributed by atoms with Crippen LogP contribution < -0.4 is 0 Å². The third kappa shape index (κ3) is 36.3. The quantitative estimate of drug-likeness (QED) is 0.0599. The summed E-state index contributed by atoms with van der Waals surface area (Å²) >= 11 is 0. The van der Waals surface area contributed by atoms with E-state index in [9.17, 15) is 10.2 Å². The molecule has 360 valence electrons. The molecule has 60 heavy (non-hydrogen) atoms. The second-order valence-electron chi connectivity index (χ2n) is 21.3. The maximum Gasteiger partial charge on any atom is 0.0431 e. The number of unbranched alkanes of at least 4 members (excludes halogenated alkanes) is 40. The van der Waals surface area contributed by atoms with E-state index in [-0.39, 0.29) is 0 Å². The van der Waals surface area contributed by atoms with Crippen molar-refractivity contribution in [2.24, 2.45) is 10.8 Å². The van der Waals surface area contributed by atoms with Crippen LogP contribution in [0.3, 0.4) is 0 Å². The van der Waals surface area contributed by atoms with Crippen molar-refractivity contribution in [3.05, 3.63) is 0 Å². The van der Waals surface area contributed by atoms with E-state index >= 15 is 0 Å². The minimum Gasteiger partial charge on any atom is -0.396 e. The van der Waals surface area contributed by atoms with E-state index < -0.39 is 0 Å². The monoisotopic (exact) mass is 845 g/mol. The number of rotatable bonds is 50. The molecule has 0 atom stereocenters. The van der Waals surface area contributed by atoms with Gasteiger partial charge in [0.2, 0.25) is 0 Å². The molecule has 2 heteroatoms. The SMILES string of the molecule is CCCCCCCCCCCCCCCCCCC1(CCCCCCCCCCCCCCCCCC)CCC(CCCCCCCCO)(CCCCCCCCO)CC1. The Balaban J connectivity index is 2.51. The predicted molar refractivity (Wildman–Crippen MR) is 270 cm³/mol. The van der Waals surface area contributed by atoms with Crippen molar-refractivity contribution in [1.29, 1.82) is 0 Å². The van der Waals surface area contributed by atoms with Crippen LogP contribution in [0.1, 0.15) is 348 Å². The molecule has 0 aliphatic heterocycles. The third-order valence-corrected chi connectivity index (χ3v) is 15.7. The van der Waals surface area contributed by atoms with Gasteiger partial charge in [0, 0.05) is 13.2 Å². The Morgan fingerprint density at radius 2 is 0.367 bits per heavy atom. The van der Waals surface area contributed by atoms with Gasteiger partial charge < -0.3 is 10.2 Å². The smallest absolute Gasteiger partial charge is 0.0431 e. The van der Waals surface area contributed by atoms with Crippen molar-refractivity contribution < 1.29 is 10.2 Å². The Hall–Kier alpha value is -0.0800. The van der Waals surface area contributed by atoms with E-state index in [0.717, 1.165) is 12.8 Å². The molecule has 1 aliphatic carbocycles. The molecule has 1 fully saturated rings. The molecule has 0 aromatic carbocycles. The summed E-state index contributed by atoms with van der Waals surface area (Å²) in [5.41, 5.74) is 1.26. The van der Waals surface area contributed by atoms with Gasteiger partial charge in [-0.25, -0.2) is 0 Å². The summed E-state index contributed by atoms with van der Waals surface area (Å²) in [5.74, 6) is 0. The van der Waals surface area contributed by atoms with Crippen LogP contribution in [0.4, 0.5) is 0 Å². The van der Waals surface area contributed by atoms with Crippen LogP contribution in [-0.2, 0) is 0 Å². The minimum absolute atomic E-state index is 0.365. The summed E-state index contributed by atoms with van der Waals surface area (Å²) in [6.45, 7) is 5.37. The van der Waals surface area contributed by atoms with Gasteiger partial charge >= 0.3 is 0 Å². The highest BCUT2D eigenvalue weighted by atomic mass is 16.3. The van der Waals surface area contributed by atoms with Crippen molar-refractivity contribution in [2.75, 3.05) is 13.2 Å². The Morgan fingerprint density at radius 3 is 0.533 bits per heavy atom. The molecule has 0 amide bonds. The fourth-order valence-electron chi connectivity index (χ4n) is 11.3. The van der Waals surface area contributed by atoms with Crippen LogP contribution in [0.15, 0.2) is 0 Å². The van der Waals surface area contributed by atoms with Crippen LogP contribution in [0.5, 0.6) is 0 Å². The predicted octanol–water partition coefficient (Wildman–Crippen LogP) is 20.3. The van der Waals surface area contributed by atoms with Crippen LogP contribution >= 0.6 is 0 Å². The highest BCUT2D eigenvalue weighted by molar-refractivity contribution is 4.93. The van der Waals surface area contributed by atoms with E-state index in [2.05, 4.69) is 13.8 Å². The standard InChI is InChI=1S/C58H116O2/c1-3-5-7-9-11-13-15-17-19-21-23-25-27-29-35-41-47-57(48-42-36-30-28-26-24-22-20-18-16-14-12-10-8-6-4-2)51-53-58(54-52-57,49-43-37-31-33-39-45-55-59)50-44-38-32-34-40-46-56-60/h59-60H,3-56H2,1-2H3. The van der Waals surface area contributed by atoms with Gasteiger partial charge in [0.05, 0.1) is 0 Å². The lowest BCUT2D eigenvalue weighted by Gasteiger charge is -2.48. The van der Waals surface area contributed by atoms with Crippen molar-refractivity contribution >= 4 is 0 Å². The molecular weight excluding hydrogens is 729 g/mol. The van der Waals surface area contributed by atoms with Gasteiger partial charge in [-0.15, -0.1) is 0 Å². The van der Waals surface area contributed by atoms with Gasteiger partial charge in [-0.2, -0.15) is 0 Å². The first kappa shape index (κ1) is 57.9. The molecular formula is C58H116O2. The Morgan fingerprint density at radius 1 is 0.217 bits per heavy atom. The molecule has 0 saturated heterocycles. The number of aliphatic hydroxyl groups is 2. The maximum absolute atomic E-state index is 9.21. The molecule has 0 aromatic heterocycles. The first-order valence-corrected chi connectivity index (χ1v) is 28.9. The maximum atomic E-state index is 9.21. The lowest BCUT2D eigenvalue weighted by atomic mass is 9.58. The van der Waals surface area contributed by atoms with Gasteiger partial charge in [0.1, 0.15) is 0 Å². The zero-order chi connectivity index (χ0) is 43.2. The molecule has 2 nitrogen and oxygen atoms in total. The largest absolute Gasteiger partial charge is 0.396 e. The van der Waals surface area contributed by atoms with E-state index in [1.54, 1.807) is 0 Å². The van der Waals surface area contributed by atoms with Crippen molar-refractivity contribution in [3.8, 4) is 0 Å². The van der Waals surface area contributed by atoms with Gasteiger partial charge in [-0.3, -0.25) is 0 Å². The van der Waals surface area contributed by atoms with Crippen LogP contribution in [0, 0.1) is 10.8 Å². The summed E-state index contributed by atoms with van der Waals surface area (Å²) in [4.78, 5) is 0. The van der Waals surface area contributed by atoms with Crippen molar-refractivity contribution in [3.63, 3.8) is 0 Å². The summed E-state index contributed by atoms with van der Waals surface area (Å²) in [6.07, 6.45) is 74.5. The average molecular weight is 846 g/mol. The van der Waals surface area contributed by atoms with Crippen LogP contribution in [0.25, 0.3) is 0 Å². The number of hydrogen-bond acceptors (Lipinski definition) is 2. The van der Waals surface area contributed by atoms with E-state index in [1.165, 1.54) is 321 Å². The Kier molecular flexibility index (Phi) is 43.9. The van der Waals surface area contributed by atoms with Crippen LogP contribution in [0.2, 0.25) is 0 Å². The number of hydrogen-bond donors (Lipinski definition) is 2.